The quantitative estimate of drug-likeness (QED) is 0.808. The van der Waals surface area contributed by atoms with Crippen LogP contribution in [-0.2, 0) is 16.1 Å². The highest BCUT2D eigenvalue weighted by molar-refractivity contribution is 5.86. The molecule has 0 unspecified atom stereocenters. The summed E-state index contributed by atoms with van der Waals surface area (Å²) in [5.41, 5.74) is 0.770. The maximum absolute atomic E-state index is 12.3. The number of fused-ring (bicyclic) bond motifs is 2. The van der Waals surface area contributed by atoms with Gasteiger partial charge in [-0.3, -0.25) is 14.6 Å². The fourth-order valence-electron chi connectivity index (χ4n) is 3.31. The summed E-state index contributed by atoms with van der Waals surface area (Å²) in [6.07, 6.45) is 6.36. The van der Waals surface area contributed by atoms with E-state index < -0.39 is 17.8 Å². The summed E-state index contributed by atoms with van der Waals surface area (Å²) in [4.78, 5) is 27.8. The van der Waals surface area contributed by atoms with Gasteiger partial charge < -0.3 is 10.4 Å². The highest BCUT2D eigenvalue weighted by Gasteiger charge is 2.51. The second-order valence-electron chi connectivity index (χ2n) is 5.38. The maximum Gasteiger partial charge on any atom is 0.307 e. The van der Waals surface area contributed by atoms with E-state index in [0.717, 1.165) is 12.1 Å². The lowest BCUT2D eigenvalue weighted by atomic mass is 9.82. The molecule has 5 nitrogen and oxygen atoms in total. The fourth-order valence-corrected chi connectivity index (χ4v) is 3.31. The van der Waals surface area contributed by atoms with Crippen molar-refractivity contribution in [2.45, 2.75) is 13.0 Å². The molecule has 2 aliphatic rings. The summed E-state index contributed by atoms with van der Waals surface area (Å²) in [6.45, 7) is 0.337. The van der Waals surface area contributed by atoms with E-state index in [1.807, 2.05) is 30.4 Å². The van der Waals surface area contributed by atoms with E-state index in [1.54, 1.807) is 6.20 Å². The van der Waals surface area contributed by atoms with E-state index in [9.17, 15) is 14.7 Å². The number of amides is 1. The van der Waals surface area contributed by atoms with Gasteiger partial charge in [0, 0.05) is 6.20 Å². The number of aromatic nitrogens is 1. The van der Waals surface area contributed by atoms with Crippen LogP contribution in [0.1, 0.15) is 12.1 Å². The van der Waals surface area contributed by atoms with E-state index in [4.69, 9.17) is 0 Å². The van der Waals surface area contributed by atoms with Crippen molar-refractivity contribution in [2.75, 3.05) is 0 Å². The molecule has 1 aromatic heterocycles. The number of nitrogens with one attached hydrogen (secondary N) is 1. The highest BCUT2D eigenvalue weighted by atomic mass is 16.4. The maximum atomic E-state index is 12.3. The minimum Gasteiger partial charge on any atom is -0.481 e. The number of carboxylic acids is 1. The van der Waals surface area contributed by atoms with Gasteiger partial charge >= 0.3 is 5.97 Å². The summed E-state index contributed by atoms with van der Waals surface area (Å²) in [5.74, 6) is -2.03. The predicted molar refractivity (Wildman–Crippen MR) is 71.4 cm³/mol. The monoisotopic (exact) mass is 272 g/mol. The number of pyridine rings is 1. The molecule has 2 aliphatic carbocycles. The molecule has 0 aromatic carbocycles. The van der Waals surface area contributed by atoms with E-state index in [1.165, 1.54) is 0 Å². The standard InChI is InChI=1S/C15H16N2O3/c18-14(17-8-11-3-1-2-6-16-11)12-9-4-5-10(7-9)13(12)15(19)20/h1-6,9-10,12-13H,7-8H2,(H,17,18)(H,19,20)/t9-,10+,12-,13-/m1/s1. The Morgan fingerprint density at radius 2 is 2.00 bits per heavy atom. The minimum absolute atomic E-state index is 0.00287. The summed E-state index contributed by atoms with van der Waals surface area (Å²) in [7, 11) is 0. The Kier molecular flexibility index (Phi) is 3.26. The van der Waals surface area contributed by atoms with Crippen LogP contribution in [0, 0.1) is 23.7 Å². The number of carboxylic acid groups (broad SMARTS) is 1. The van der Waals surface area contributed by atoms with Crippen molar-refractivity contribution in [3.05, 3.63) is 42.2 Å². The number of hydrogen-bond donors (Lipinski definition) is 2. The molecular formula is C15H16N2O3. The third-order valence-electron chi connectivity index (χ3n) is 4.22. The number of rotatable bonds is 4. The van der Waals surface area contributed by atoms with Gasteiger partial charge in [-0.2, -0.15) is 0 Å². The number of allylic oxidation sites excluding steroid dienone is 2. The van der Waals surface area contributed by atoms with Gasteiger partial charge in [-0.05, 0) is 30.4 Å². The first-order valence-electron chi connectivity index (χ1n) is 6.75. The van der Waals surface area contributed by atoms with E-state index in [0.29, 0.717) is 6.54 Å². The Balaban J connectivity index is 1.68. The van der Waals surface area contributed by atoms with Crippen LogP contribution in [0.5, 0.6) is 0 Å². The van der Waals surface area contributed by atoms with Crippen molar-refractivity contribution in [1.29, 1.82) is 0 Å². The molecule has 1 heterocycles. The largest absolute Gasteiger partial charge is 0.481 e. The number of nitrogens with zero attached hydrogens (tertiary/aromatic N) is 1. The molecule has 20 heavy (non-hydrogen) atoms. The predicted octanol–water partition coefficient (Wildman–Crippen LogP) is 1.22. The molecule has 1 aromatic rings. The molecule has 4 atom stereocenters. The van der Waals surface area contributed by atoms with E-state index in [2.05, 4.69) is 10.3 Å². The van der Waals surface area contributed by atoms with Crippen LogP contribution in [0.15, 0.2) is 36.5 Å². The molecule has 0 radical (unpaired) electrons. The zero-order chi connectivity index (χ0) is 14.1. The lowest BCUT2D eigenvalue weighted by Crippen LogP contribution is -2.40. The van der Waals surface area contributed by atoms with Gasteiger partial charge in [-0.1, -0.05) is 18.2 Å². The van der Waals surface area contributed by atoms with Crippen molar-refractivity contribution >= 4 is 11.9 Å². The Labute approximate surface area is 116 Å². The molecule has 104 valence electrons. The molecule has 3 rings (SSSR count). The molecule has 1 amide bonds. The van der Waals surface area contributed by atoms with Crippen molar-refractivity contribution in [2.24, 2.45) is 23.7 Å². The Bertz CT molecular complexity index is 555. The third-order valence-corrected chi connectivity index (χ3v) is 4.22. The molecule has 1 saturated carbocycles. The van der Waals surface area contributed by atoms with Gasteiger partial charge in [-0.25, -0.2) is 0 Å². The molecule has 2 N–H and O–H groups in total. The average molecular weight is 272 g/mol. The normalized spacial score (nSPS) is 30.4. The lowest BCUT2D eigenvalue weighted by Gasteiger charge is -2.23. The first-order chi connectivity index (χ1) is 9.66. The third kappa shape index (κ3) is 2.19. The van der Waals surface area contributed by atoms with Crippen LogP contribution in [-0.4, -0.2) is 22.0 Å². The van der Waals surface area contributed by atoms with Gasteiger partial charge in [0.15, 0.2) is 0 Å². The van der Waals surface area contributed by atoms with Gasteiger partial charge in [0.05, 0.1) is 24.1 Å². The summed E-state index contributed by atoms with van der Waals surface area (Å²) in [6, 6.07) is 5.50. The van der Waals surface area contributed by atoms with E-state index in [-0.39, 0.29) is 17.7 Å². The van der Waals surface area contributed by atoms with Crippen LogP contribution in [0.3, 0.4) is 0 Å². The zero-order valence-corrected chi connectivity index (χ0v) is 10.9. The van der Waals surface area contributed by atoms with Crippen LogP contribution in [0.25, 0.3) is 0 Å². The second-order valence-corrected chi connectivity index (χ2v) is 5.38. The smallest absolute Gasteiger partial charge is 0.307 e. The Morgan fingerprint density at radius 1 is 1.25 bits per heavy atom. The fraction of sp³-hybridized carbons (Fsp3) is 0.400. The molecule has 2 bridgehead atoms. The molecule has 0 spiro atoms. The van der Waals surface area contributed by atoms with Crippen molar-refractivity contribution in [1.82, 2.24) is 10.3 Å². The van der Waals surface area contributed by atoms with Crippen LogP contribution in [0.2, 0.25) is 0 Å². The van der Waals surface area contributed by atoms with Gasteiger partial charge in [0.2, 0.25) is 5.91 Å². The highest BCUT2D eigenvalue weighted by Crippen LogP contribution is 2.48. The summed E-state index contributed by atoms with van der Waals surface area (Å²) < 4.78 is 0. The number of aliphatic carboxylic acids is 1. The van der Waals surface area contributed by atoms with Crippen molar-refractivity contribution in [3.8, 4) is 0 Å². The van der Waals surface area contributed by atoms with Crippen LogP contribution < -0.4 is 5.32 Å². The van der Waals surface area contributed by atoms with Gasteiger partial charge in [-0.15, -0.1) is 0 Å². The Morgan fingerprint density at radius 3 is 2.65 bits per heavy atom. The first-order valence-corrected chi connectivity index (χ1v) is 6.75. The van der Waals surface area contributed by atoms with E-state index >= 15 is 0 Å². The Hall–Kier alpha value is -2.17. The number of hydrogen-bond acceptors (Lipinski definition) is 3. The van der Waals surface area contributed by atoms with Gasteiger partial charge in [0.25, 0.3) is 0 Å². The topological polar surface area (TPSA) is 79.3 Å². The summed E-state index contributed by atoms with van der Waals surface area (Å²) in [5, 5.41) is 12.1. The number of carbonyl (C=O) groups is 2. The average Bonchev–Trinajstić information content (AvgIpc) is 3.06. The zero-order valence-electron chi connectivity index (χ0n) is 10.9. The molecule has 0 saturated heterocycles. The van der Waals surface area contributed by atoms with Crippen molar-refractivity contribution in [3.63, 3.8) is 0 Å². The number of carbonyl (C=O) groups excluding carboxylic acids is 1. The van der Waals surface area contributed by atoms with Crippen LogP contribution >= 0.6 is 0 Å². The van der Waals surface area contributed by atoms with Crippen LogP contribution in [0.4, 0.5) is 0 Å². The summed E-state index contributed by atoms with van der Waals surface area (Å²) >= 11 is 0. The van der Waals surface area contributed by atoms with Gasteiger partial charge in [0.1, 0.15) is 0 Å². The second kappa shape index (κ2) is 5.07. The lowest BCUT2D eigenvalue weighted by molar-refractivity contribution is -0.147. The first kappa shape index (κ1) is 12.8. The SMILES string of the molecule is O=C(NCc1ccccn1)[C@H]1[C@H](C(=O)O)[C@H]2C=C[C@@H]1C2. The van der Waals surface area contributed by atoms with Crippen molar-refractivity contribution < 1.29 is 14.7 Å². The molecule has 5 heteroatoms. The minimum atomic E-state index is -0.875. The molecule has 1 fully saturated rings. The molecular weight excluding hydrogens is 256 g/mol. The molecule has 0 aliphatic heterocycles.